The van der Waals surface area contributed by atoms with Crippen LogP contribution in [0.4, 0.5) is 0 Å². The molecule has 1 fully saturated rings. The average Bonchev–Trinajstić information content (AvgIpc) is 2.39. The number of hydrogen-bond acceptors (Lipinski definition) is 4. The minimum absolute atomic E-state index is 0. The highest BCUT2D eigenvalue weighted by atomic mass is 35.5. The zero-order chi connectivity index (χ0) is 15.6. The molecule has 0 aliphatic carbocycles. The van der Waals surface area contributed by atoms with Crippen molar-refractivity contribution >= 4 is 28.3 Å². The van der Waals surface area contributed by atoms with E-state index in [2.05, 4.69) is 5.32 Å². The molecule has 2 atom stereocenters. The highest BCUT2D eigenvalue weighted by Gasteiger charge is 2.28. The van der Waals surface area contributed by atoms with Gasteiger partial charge in [-0.15, -0.1) is 12.4 Å². The number of benzene rings is 1. The van der Waals surface area contributed by atoms with Gasteiger partial charge in [-0.25, -0.2) is 13.6 Å². The molecule has 0 bridgehead atoms. The van der Waals surface area contributed by atoms with E-state index < -0.39 is 10.0 Å². The van der Waals surface area contributed by atoms with Crippen LogP contribution in [0.2, 0.25) is 0 Å². The number of sulfonamides is 1. The van der Waals surface area contributed by atoms with Crippen molar-refractivity contribution in [1.82, 2.24) is 10.2 Å². The number of nitrogens with two attached hydrogens (primary N) is 1. The number of amides is 1. The minimum Gasteiger partial charge on any atom is -0.333 e. The average molecular weight is 348 g/mol. The van der Waals surface area contributed by atoms with Crippen LogP contribution < -0.4 is 10.5 Å². The normalized spacial score (nSPS) is 22.0. The number of carbonyl (C=O) groups is 1. The molecule has 2 unspecified atom stereocenters. The summed E-state index contributed by atoms with van der Waals surface area (Å²) in [7, 11) is -3.60. The molecule has 0 saturated carbocycles. The minimum atomic E-state index is -3.60. The van der Waals surface area contributed by atoms with E-state index in [4.69, 9.17) is 5.14 Å². The first kappa shape index (κ1) is 18.9. The van der Waals surface area contributed by atoms with E-state index in [9.17, 15) is 13.2 Å². The third-order valence-corrected chi connectivity index (χ3v) is 4.57. The summed E-state index contributed by atoms with van der Waals surface area (Å²) in [5, 5.41) is 8.37. The van der Waals surface area contributed by atoms with Crippen LogP contribution in [0.5, 0.6) is 0 Å². The SMILES string of the molecule is CC1NCCN(C(=O)c2cccc(CS(N)(=O)=O)c2)C1C.Cl. The predicted octanol–water partition coefficient (Wildman–Crippen LogP) is 0.719. The molecule has 1 saturated heterocycles. The molecule has 124 valence electrons. The highest BCUT2D eigenvalue weighted by Crippen LogP contribution is 2.15. The molecule has 0 radical (unpaired) electrons. The van der Waals surface area contributed by atoms with Crippen molar-refractivity contribution in [2.75, 3.05) is 13.1 Å². The smallest absolute Gasteiger partial charge is 0.254 e. The molecule has 1 aromatic carbocycles. The summed E-state index contributed by atoms with van der Waals surface area (Å²) in [4.78, 5) is 14.4. The monoisotopic (exact) mass is 347 g/mol. The van der Waals surface area contributed by atoms with Crippen LogP contribution in [0.15, 0.2) is 24.3 Å². The van der Waals surface area contributed by atoms with Gasteiger partial charge in [0.15, 0.2) is 0 Å². The van der Waals surface area contributed by atoms with Gasteiger partial charge in [-0.3, -0.25) is 4.79 Å². The van der Waals surface area contributed by atoms with Crippen molar-refractivity contribution in [3.63, 3.8) is 0 Å². The van der Waals surface area contributed by atoms with Crippen molar-refractivity contribution in [2.24, 2.45) is 5.14 Å². The Balaban J connectivity index is 0.00000242. The number of piperazine rings is 1. The second-order valence-electron chi connectivity index (χ2n) is 5.49. The molecule has 0 spiro atoms. The van der Waals surface area contributed by atoms with Crippen molar-refractivity contribution in [3.8, 4) is 0 Å². The van der Waals surface area contributed by atoms with Gasteiger partial charge in [-0.2, -0.15) is 0 Å². The van der Waals surface area contributed by atoms with Gasteiger partial charge in [-0.1, -0.05) is 12.1 Å². The van der Waals surface area contributed by atoms with Crippen LogP contribution in [0.1, 0.15) is 29.8 Å². The Hall–Kier alpha value is -1.15. The Bertz CT molecular complexity index is 636. The number of nitrogens with zero attached hydrogens (tertiary/aromatic N) is 1. The quantitative estimate of drug-likeness (QED) is 0.842. The molecule has 1 heterocycles. The third kappa shape index (κ3) is 4.67. The lowest BCUT2D eigenvalue weighted by atomic mass is 10.0. The summed E-state index contributed by atoms with van der Waals surface area (Å²) in [6.45, 7) is 5.45. The summed E-state index contributed by atoms with van der Waals surface area (Å²) < 4.78 is 22.3. The maximum Gasteiger partial charge on any atom is 0.254 e. The maximum absolute atomic E-state index is 12.6. The molecule has 1 aliphatic rings. The molecule has 1 aromatic rings. The molecule has 6 nitrogen and oxygen atoms in total. The van der Waals surface area contributed by atoms with Gasteiger partial charge >= 0.3 is 0 Å². The molecule has 3 N–H and O–H groups in total. The zero-order valence-corrected chi connectivity index (χ0v) is 14.3. The van der Waals surface area contributed by atoms with Crippen molar-refractivity contribution in [3.05, 3.63) is 35.4 Å². The fourth-order valence-corrected chi connectivity index (χ4v) is 3.18. The van der Waals surface area contributed by atoms with Crippen molar-refractivity contribution < 1.29 is 13.2 Å². The van der Waals surface area contributed by atoms with E-state index in [1.807, 2.05) is 18.7 Å². The van der Waals surface area contributed by atoms with Crippen LogP contribution in [0.25, 0.3) is 0 Å². The number of hydrogen-bond donors (Lipinski definition) is 2. The fraction of sp³-hybridized carbons (Fsp3) is 0.500. The standard InChI is InChI=1S/C14H21N3O3S.ClH/c1-10-11(2)17(7-6-16-10)14(18)13-5-3-4-12(8-13)9-21(15,19)20;/h3-5,8,10-11,16H,6-7,9H2,1-2H3,(H2,15,19,20);1H. The van der Waals surface area contributed by atoms with E-state index in [0.29, 0.717) is 17.7 Å². The van der Waals surface area contributed by atoms with Crippen LogP contribution >= 0.6 is 12.4 Å². The summed E-state index contributed by atoms with van der Waals surface area (Å²) in [6.07, 6.45) is 0. The fourth-order valence-electron chi connectivity index (χ4n) is 2.54. The molecule has 8 heteroatoms. The Morgan fingerprint density at radius 1 is 1.41 bits per heavy atom. The lowest BCUT2D eigenvalue weighted by Gasteiger charge is -2.38. The molecule has 1 aliphatic heterocycles. The number of rotatable bonds is 3. The number of primary sulfonamides is 1. The van der Waals surface area contributed by atoms with Gasteiger partial charge in [0.25, 0.3) is 5.91 Å². The van der Waals surface area contributed by atoms with Crippen LogP contribution in [-0.4, -0.2) is 44.4 Å². The number of carbonyl (C=O) groups excluding carboxylic acids is 1. The molecule has 1 amide bonds. The van der Waals surface area contributed by atoms with E-state index in [-0.39, 0.29) is 36.2 Å². The first-order valence-electron chi connectivity index (χ1n) is 6.92. The summed E-state index contributed by atoms with van der Waals surface area (Å²) in [5.74, 6) is -0.339. The molecular weight excluding hydrogens is 326 g/mol. The van der Waals surface area contributed by atoms with E-state index in [1.165, 1.54) is 0 Å². The molecule has 2 rings (SSSR count). The highest BCUT2D eigenvalue weighted by molar-refractivity contribution is 7.88. The largest absolute Gasteiger partial charge is 0.333 e. The lowest BCUT2D eigenvalue weighted by Crippen LogP contribution is -2.57. The van der Waals surface area contributed by atoms with Crippen LogP contribution in [-0.2, 0) is 15.8 Å². The zero-order valence-electron chi connectivity index (χ0n) is 12.7. The summed E-state index contributed by atoms with van der Waals surface area (Å²) in [5.41, 5.74) is 1.02. The van der Waals surface area contributed by atoms with Gasteiger partial charge in [0.1, 0.15) is 0 Å². The predicted molar refractivity (Wildman–Crippen MR) is 88.5 cm³/mol. The lowest BCUT2D eigenvalue weighted by molar-refractivity contribution is 0.0603. The Kier molecular flexibility index (Phi) is 6.37. The first-order valence-corrected chi connectivity index (χ1v) is 8.63. The van der Waals surface area contributed by atoms with Crippen LogP contribution in [0, 0.1) is 0 Å². The number of halogens is 1. The van der Waals surface area contributed by atoms with Gasteiger partial charge in [0, 0.05) is 30.7 Å². The van der Waals surface area contributed by atoms with Gasteiger partial charge in [-0.05, 0) is 31.5 Å². The van der Waals surface area contributed by atoms with E-state index >= 15 is 0 Å². The van der Waals surface area contributed by atoms with Gasteiger partial charge in [0.2, 0.25) is 10.0 Å². The summed E-state index contributed by atoms with van der Waals surface area (Å²) in [6, 6.07) is 6.97. The number of nitrogens with one attached hydrogen (secondary N) is 1. The second kappa shape index (κ2) is 7.41. The van der Waals surface area contributed by atoms with Crippen LogP contribution in [0.3, 0.4) is 0 Å². The van der Waals surface area contributed by atoms with Crippen molar-refractivity contribution in [1.29, 1.82) is 0 Å². The first-order chi connectivity index (χ1) is 9.78. The van der Waals surface area contributed by atoms with Crippen molar-refractivity contribution in [2.45, 2.75) is 31.7 Å². The third-order valence-electron chi connectivity index (χ3n) is 3.84. The Labute approximate surface area is 137 Å². The van der Waals surface area contributed by atoms with Gasteiger partial charge < -0.3 is 10.2 Å². The summed E-state index contributed by atoms with van der Waals surface area (Å²) >= 11 is 0. The maximum atomic E-state index is 12.6. The molecular formula is C14H22ClN3O3S. The Morgan fingerprint density at radius 2 is 2.09 bits per heavy atom. The van der Waals surface area contributed by atoms with E-state index in [1.54, 1.807) is 24.3 Å². The van der Waals surface area contributed by atoms with Gasteiger partial charge in [0.05, 0.1) is 5.75 Å². The topological polar surface area (TPSA) is 92.5 Å². The Morgan fingerprint density at radius 3 is 2.73 bits per heavy atom. The molecule has 22 heavy (non-hydrogen) atoms. The van der Waals surface area contributed by atoms with E-state index in [0.717, 1.165) is 6.54 Å². The molecule has 0 aromatic heterocycles. The second-order valence-corrected chi connectivity index (χ2v) is 7.10.